The minimum Gasteiger partial charge on any atom is -0.487 e. The van der Waals surface area contributed by atoms with Crippen LogP contribution in [-0.2, 0) is 6.61 Å². The monoisotopic (exact) mass is 322 g/mol. The zero-order valence-corrected chi connectivity index (χ0v) is 12.8. The molecule has 0 aliphatic carbocycles. The summed E-state index contributed by atoms with van der Waals surface area (Å²) in [7, 11) is 0. The molecule has 0 fully saturated rings. The van der Waals surface area contributed by atoms with E-state index in [9.17, 15) is 14.3 Å². The van der Waals surface area contributed by atoms with Gasteiger partial charge in [-0.25, -0.2) is 9.18 Å². The normalized spacial score (nSPS) is 10.4. The Balaban J connectivity index is 2.02. The van der Waals surface area contributed by atoms with Crippen molar-refractivity contribution < 1.29 is 19.0 Å². The van der Waals surface area contributed by atoms with E-state index >= 15 is 0 Å². The predicted molar refractivity (Wildman–Crippen MR) is 89.6 cm³/mol. The number of ether oxygens (including phenoxy) is 1. The Labute approximate surface area is 139 Å². The van der Waals surface area contributed by atoms with Crippen molar-refractivity contribution in [1.29, 1.82) is 0 Å². The van der Waals surface area contributed by atoms with Crippen molar-refractivity contribution >= 4 is 5.97 Å². The third-order valence-corrected chi connectivity index (χ3v) is 3.61. The molecule has 0 heterocycles. The van der Waals surface area contributed by atoms with Gasteiger partial charge in [-0.15, -0.1) is 0 Å². The lowest BCUT2D eigenvalue weighted by Crippen LogP contribution is -2.05. The molecule has 0 spiro atoms. The number of carboxylic acid groups (broad SMARTS) is 1. The van der Waals surface area contributed by atoms with E-state index in [0.29, 0.717) is 11.1 Å². The van der Waals surface area contributed by atoms with Crippen LogP contribution >= 0.6 is 0 Å². The molecule has 120 valence electrons. The van der Waals surface area contributed by atoms with Crippen LogP contribution in [-0.4, -0.2) is 11.1 Å². The number of halogens is 1. The molecule has 0 radical (unpaired) electrons. The molecule has 3 aromatic carbocycles. The smallest absolute Gasteiger partial charge is 0.339 e. The molecular weight excluding hydrogens is 307 g/mol. The molecule has 1 N–H and O–H groups in total. The van der Waals surface area contributed by atoms with Crippen molar-refractivity contribution in [2.45, 2.75) is 6.61 Å². The molecular formula is C20H15FO3. The molecule has 3 nitrogen and oxygen atoms in total. The largest absolute Gasteiger partial charge is 0.487 e. The highest BCUT2D eigenvalue weighted by Crippen LogP contribution is 2.34. The lowest BCUT2D eigenvalue weighted by atomic mass is 10.0. The van der Waals surface area contributed by atoms with Crippen LogP contribution in [0.25, 0.3) is 11.1 Å². The summed E-state index contributed by atoms with van der Waals surface area (Å²) < 4.78 is 19.3. The first-order valence-electron chi connectivity index (χ1n) is 7.44. The summed E-state index contributed by atoms with van der Waals surface area (Å²) >= 11 is 0. The number of carboxylic acids is 1. The Morgan fingerprint density at radius 2 is 1.71 bits per heavy atom. The maximum absolute atomic E-state index is 13.5. The van der Waals surface area contributed by atoms with Crippen molar-refractivity contribution in [3.05, 3.63) is 89.7 Å². The van der Waals surface area contributed by atoms with Crippen LogP contribution in [0.4, 0.5) is 4.39 Å². The lowest BCUT2D eigenvalue weighted by molar-refractivity contribution is 0.0692. The van der Waals surface area contributed by atoms with Gasteiger partial charge in [0.05, 0.1) is 0 Å². The fraction of sp³-hybridized carbons (Fsp3) is 0.0500. The van der Waals surface area contributed by atoms with Gasteiger partial charge in [0.1, 0.15) is 23.7 Å². The lowest BCUT2D eigenvalue weighted by Gasteiger charge is -2.14. The van der Waals surface area contributed by atoms with Crippen LogP contribution in [0.15, 0.2) is 72.8 Å². The van der Waals surface area contributed by atoms with E-state index < -0.39 is 5.97 Å². The third-order valence-electron chi connectivity index (χ3n) is 3.61. The molecule has 3 aromatic rings. The molecule has 0 aromatic heterocycles. The molecule has 0 amide bonds. The fourth-order valence-corrected chi connectivity index (χ4v) is 2.47. The van der Waals surface area contributed by atoms with Crippen molar-refractivity contribution in [1.82, 2.24) is 0 Å². The molecule has 0 atom stereocenters. The molecule has 0 bridgehead atoms. The Bertz CT molecular complexity index is 860. The van der Waals surface area contributed by atoms with Crippen LogP contribution in [0.1, 0.15) is 15.9 Å². The van der Waals surface area contributed by atoms with Gasteiger partial charge in [-0.3, -0.25) is 0 Å². The second-order valence-electron chi connectivity index (χ2n) is 5.27. The summed E-state index contributed by atoms with van der Waals surface area (Å²) in [6.45, 7) is 0.230. The Morgan fingerprint density at radius 3 is 2.42 bits per heavy atom. The Kier molecular flexibility index (Phi) is 4.57. The Morgan fingerprint density at radius 1 is 0.958 bits per heavy atom. The molecule has 0 aliphatic rings. The average Bonchev–Trinajstić information content (AvgIpc) is 2.60. The van der Waals surface area contributed by atoms with E-state index in [-0.39, 0.29) is 23.7 Å². The predicted octanol–water partition coefficient (Wildman–Crippen LogP) is 4.77. The topological polar surface area (TPSA) is 46.5 Å². The first-order valence-corrected chi connectivity index (χ1v) is 7.44. The molecule has 4 heteroatoms. The molecule has 24 heavy (non-hydrogen) atoms. The van der Waals surface area contributed by atoms with Crippen molar-refractivity contribution in [2.24, 2.45) is 0 Å². The van der Waals surface area contributed by atoms with Gasteiger partial charge in [-0.05, 0) is 29.3 Å². The second kappa shape index (κ2) is 6.96. The first kappa shape index (κ1) is 15.7. The summed E-state index contributed by atoms with van der Waals surface area (Å²) in [6, 6.07) is 20.3. The number of para-hydroxylation sites is 1. The summed E-state index contributed by atoms with van der Waals surface area (Å²) in [5.74, 6) is -1.24. The molecule has 0 saturated carbocycles. The molecule has 0 saturated heterocycles. The number of hydrogen-bond acceptors (Lipinski definition) is 2. The zero-order chi connectivity index (χ0) is 16.9. The van der Waals surface area contributed by atoms with Crippen LogP contribution in [0.3, 0.4) is 0 Å². The summed E-state index contributed by atoms with van der Waals surface area (Å²) in [4.78, 5) is 11.5. The van der Waals surface area contributed by atoms with E-state index in [0.717, 1.165) is 5.56 Å². The molecule has 3 rings (SSSR count). The van der Waals surface area contributed by atoms with Gasteiger partial charge in [-0.1, -0.05) is 54.6 Å². The number of carbonyl (C=O) groups is 1. The van der Waals surface area contributed by atoms with Crippen molar-refractivity contribution in [2.75, 3.05) is 0 Å². The highest BCUT2D eigenvalue weighted by atomic mass is 19.1. The van der Waals surface area contributed by atoms with Gasteiger partial charge >= 0.3 is 5.97 Å². The summed E-state index contributed by atoms with van der Waals surface area (Å²) in [6.07, 6.45) is 0. The quantitative estimate of drug-likeness (QED) is 0.736. The van der Waals surface area contributed by atoms with E-state index in [2.05, 4.69) is 0 Å². The summed E-state index contributed by atoms with van der Waals surface area (Å²) in [5, 5.41) is 9.43. The maximum atomic E-state index is 13.5. The number of benzene rings is 3. The minimum atomic E-state index is -1.09. The third kappa shape index (κ3) is 3.43. The van der Waals surface area contributed by atoms with Crippen LogP contribution < -0.4 is 4.74 Å². The van der Waals surface area contributed by atoms with Crippen LogP contribution in [0, 0.1) is 5.82 Å². The SMILES string of the molecule is O=C(O)c1cccc(-c2cccc(F)c2)c1OCc1ccccc1. The second-order valence-corrected chi connectivity index (χ2v) is 5.27. The standard InChI is InChI=1S/C20H15FO3/c21-16-9-4-8-15(12-16)17-10-5-11-18(20(22)23)19(17)24-13-14-6-2-1-3-7-14/h1-12H,13H2,(H,22,23). The fourth-order valence-electron chi connectivity index (χ4n) is 2.47. The van der Waals surface area contributed by atoms with E-state index in [4.69, 9.17) is 4.74 Å². The average molecular weight is 322 g/mol. The molecule has 0 aliphatic heterocycles. The van der Waals surface area contributed by atoms with Crippen molar-refractivity contribution in [3.8, 4) is 16.9 Å². The number of hydrogen-bond donors (Lipinski definition) is 1. The van der Waals surface area contributed by atoms with E-state index in [1.807, 2.05) is 30.3 Å². The van der Waals surface area contributed by atoms with E-state index in [1.165, 1.54) is 18.2 Å². The molecule has 0 unspecified atom stereocenters. The van der Waals surface area contributed by atoms with Gasteiger partial charge in [0.2, 0.25) is 0 Å². The van der Waals surface area contributed by atoms with Gasteiger partial charge in [0, 0.05) is 5.56 Å². The van der Waals surface area contributed by atoms with Crippen LogP contribution in [0.2, 0.25) is 0 Å². The van der Waals surface area contributed by atoms with Gasteiger partial charge in [0.25, 0.3) is 0 Å². The highest BCUT2D eigenvalue weighted by molar-refractivity contribution is 5.94. The number of aromatic carboxylic acids is 1. The van der Waals surface area contributed by atoms with Crippen molar-refractivity contribution in [3.63, 3.8) is 0 Å². The minimum absolute atomic E-state index is 0.0488. The first-order chi connectivity index (χ1) is 11.6. The van der Waals surface area contributed by atoms with Gasteiger partial charge in [-0.2, -0.15) is 0 Å². The number of rotatable bonds is 5. The summed E-state index contributed by atoms with van der Waals surface area (Å²) in [5.41, 5.74) is 2.09. The highest BCUT2D eigenvalue weighted by Gasteiger charge is 2.17. The van der Waals surface area contributed by atoms with Gasteiger partial charge in [0.15, 0.2) is 0 Å². The van der Waals surface area contributed by atoms with Crippen LogP contribution in [0.5, 0.6) is 5.75 Å². The maximum Gasteiger partial charge on any atom is 0.339 e. The Hall–Kier alpha value is -3.14. The van der Waals surface area contributed by atoms with E-state index in [1.54, 1.807) is 24.3 Å². The van der Waals surface area contributed by atoms with Gasteiger partial charge < -0.3 is 9.84 Å². The zero-order valence-electron chi connectivity index (χ0n) is 12.8.